The summed E-state index contributed by atoms with van der Waals surface area (Å²) in [7, 11) is 1.66. The van der Waals surface area contributed by atoms with Crippen molar-refractivity contribution in [1.29, 1.82) is 0 Å². The van der Waals surface area contributed by atoms with Crippen molar-refractivity contribution in [1.82, 2.24) is 10.2 Å². The Hall–Kier alpha value is -1.20. The number of nitrogens with zero attached hydrogens (tertiary/aromatic N) is 1. The quantitative estimate of drug-likeness (QED) is 0.866. The Balaban J connectivity index is 1.51. The summed E-state index contributed by atoms with van der Waals surface area (Å²) >= 11 is 1.60. The fourth-order valence-corrected chi connectivity index (χ4v) is 3.88. The van der Waals surface area contributed by atoms with Gasteiger partial charge in [0, 0.05) is 30.1 Å². The largest absolute Gasteiger partial charge is 0.497 e. The molecule has 3 rings (SSSR count). The predicted octanol–water partition coefficient (Wildman–Crippen LogP) is 2.14. The van der Waals surface area contributed by atoms with E-state index in [9.17, 15) is 4.79 Å². The van der Waals surface area contributed by atoms with Gasteiger partial charge in [0.1, 0.15) is 5.75 Å². The van der Waals surface area contributed by atoms with Gasteiger partial charge in [0.2, 0.25) is 5.91 Å². The number of carbonyl (C=O) groups excluding carboxylic acids is 1. The van der Waals surface area contributed by atoms with Crippen LogP contribution in [0.3, 0.4) is 0 Å². The number of carbonyl (C=O) groups is 1. The summed E-state index contributed by atoms with van der Waals surface area (Å²) in [5.74, 6) is 1.62. The van der Waals surface area contributed by atoms with E-state index in [2.05, 4.69) is 5.32 Å². The Kier molecular flexibility index (Phi) is 4.70. The van der Waals surface area contributed by atoms with Crippen LogP contribution in [0.2, 0.25) is 0 Å². The maximum absolute atomic E-state index is 12.4. The van der Waals surface area contributed by atoms with E-state index in [0.29, 0.717) is 17.8 Å². The molecule has 2 bridgehead atoms. The molecule has 1 N–H and O–H groups in total. The number of rotatable bonds is 4. The molecular formula is C16H22N2O2S. The van der Waals surface area contributed by atoms with Crippen molar-refractivity contribution < 1.29 is 9.53 Å². The summed E-state index contributed by atoms with van der Waals surface area (Å²) in [6.07, 6.45) is 3.57. The number of fused-ring (bicyclic) bond motifs is 2. The summed E-state index contributed by atoms with van der Waals surface area (Å²) in [6.45, 7) is 1.77. The normalized spacial score (nSPS) is 24.7. The van der Waals surface area contributed by atoms with Crippen molar-refractivity contribution in [3.8, 4) is 5.75 Å². The maximum Gasteiger partial charge on any atom is 0.232 e. The third-order valence-electron chi connectivity index (χ3n) is 4.30. The summed E-state index contributed by atoms with van der Waals surface area (Å²) in [6, 6.07) is 9.00. The zero-order chi connectivity index (χ0) is 14.7. The van der Waals surface area contributed by atoms with Gasteiger partial charge in [0.25, 0.3) is 0 Å². The number of methoxy groups -OCH3 is 1. The van der Waals surface area contributed by atoms with Gasteiger partial charge < -0.3 is 15.0 Å². The lowest BCUT2D eigenvalue weighted by Gasteiger charge is -2.24. The Labute approximate surface area is 130 Å². The van der Waals surface area contributed by atoms with Gasteiger partial charge in [-0.1, -0.05) is 0 Å². The molecule has 2 unspecified atom stereocenters. The van der Waals surface area contributed by atoms with E-state index < -0.39 is 0 Å². The number of likely N-dealkylation sites (tertiary alicyclic amines) is 1. The SMILES string of the molecule is COc1ccc(SCC(=O)N2CCC3CCC(C2)N3)cc1. The highest BCUT2D eigenvalue weighted by Crippen LogP contribution is 2.24. The molecule has 2 aliphatic rings. The minimum absolute atomic E-state index is 0.255. The molecule has 0 aromatic heterocycles. The first kappa shape index (κ1) is 14.7. The first-order valence-corrected chi connectivity index (χ1v) is 8.54. The first-order valence-electron chi connectivity index (χ1n) is 7.55. The smallest absolute Gasteiger partial charge is 0.232 e. The molecule has 4 nitrogen and oxygen atoms in total. The molecule has 0 radical (unpaired) electrons. The Morgan fingerprint density at radius 2 is 2.05 bits per heavy atom. The lowest BCUT2D eigenvalue weighted by molar-refractivity contribution is -0.128. The number of ether oxygens (including phenoxy) is 1. The average Bonchev–Trinajstić information content (AvgIpc) is 2.84. The second-order valence-corrected chi connectivity index (χ2v) is 6.78. The monoisotopic (exact) mass is 306 g/mol. The first-order chi connectivity index (χ1) is 10.2. The number of amides is 1. The van der Waals surface area contributed by atoms with Crippen LogP contribution >= 0.6 is 11.8 Å². The lowest BCUT2D eigenvalue weighted by atomic mass is 10.1. The summed E-state index contributed by atoms with van der Waals surface area (Å²) in [5.41, 5.74) is 0. The third kappa shape index (κ3) is 3.71. The van der Waals surface area contributed by atoms with E-state index in [1.807, 2.05) is 29.2 Å². The standard InChI is InChI=1S/C16H22N2O2S/c1-20-14-4-6-15(7-5-14)21-11-16(19)18-9-8-12-2-3-13(10-18)17-12/h4-7,12-13,17H,2-3,8-11H2,1H3. The Morgan fingerprint density at radius 3 is 2.81 bits per heavy atom. The van der Waals surface area contributed by atoms with E-state index >= 15 is 0 Å². The fourth-order valence-electron chi connectivity index (χ4n) is 3.08. The molecule has 1 aromatic rings. The fraction of sp³-hybridized carbons (Fsp3) is 0.562. The maximum atomic E-state index is 12.4. The van der Waals surface area contributed by atoms with Gasteiger partial charge in [0.15, 0.2) is 0 Å². The van der Waals surface area contributed by atoms with Crippen LogP contribution in [0, 0.1) is 0 Å². The minimum Gasteiger partial charge on any atom is -0.497 e. The molecule has 2 heterocycles. The van der Waals surface area contributed by atoms with Crippen LogP contribution in [0.25, 0.3) is 0 Å². The van der Waals surface area contributed by atoms with Crippen LogP contribution in [-0.2, 0) is 4.79 Å². The number of benzene rings is 1. The molecule has 0 saturated carbocycles. The highest BCUT2D eigenvalue weighted by atomic mass is 32.2. The van der Waals surface area contributed by atoms with Crippen LogP contribution in [0.15, 0.2) is 29.2 Å². The molecule has 114 valence electrons. The summed E-state index contributed by atoms with van der Waals surface area (Å²) in [5, 5.41) is 3.61. The number of hydrogen-bond acceptors (Lipinski definition) is 4. The number of hydrogen-bond donors (Lipinski definition) is 1. The van der Waals surface area contributed by atoms with Crippen LogP contribution in [0.4, 0.5) is 0 Å². The number of thioether (sulfide) groups is 1. The lowest BCUT2D eigenvalue weighted by Crippen LogP contribution is -2.39. The average molecular weight is 306 g/mol. The van der Waals surface area contributed by atoms with Crippen LogP contribution in [-0.4, -0.2) is 48.8 Å². The molecule has 1 aromatic carbocycles. The third-order valence-corrected chi connectivity index (χ3v) is 5.29. The topological polar surface area (TPSA) is 41.6 Å². The Morgan fingerprint density at radius 1 is 1.29 bits per heavy atom. The van der Waals surface area contributed by atoms with Gasteiger partial charge in [0.05, 0.1) is 12.9 Å². The molecule has 0 aliphatic carbocycles. The second-order valence-electron chi connectivity index (χ2n) is 5.73. The van der Waals surface area contributed by atoms with Gasteiger partial charge in [-0.2, -0.15) is 0 Å². The zero-order valence-corrected chi connectivity index (χ0v) is 13.2. The van der Waals surface area contributed by atoms with Gasteiger partial charge in [-0.3, -0.25) is 4.79 Å². The Bertz CT molecular complexity index is 492. The zero-order valence-electron chi connectivity index (χ0n) is 12.4. The van der Waals surface area contributed by atoms with Gasteiger partial charge in [-0.05, 0) is 43.5 Å². The molecule has 2 aliphatic heterocycles. The minimum atomic E-state index is 0.255. The van der Waals surface area contributed by atoms with Crippen molar-refractivity contribution >= 4 is 17.7 Å². The summed E-state index contributed by atoms with van der Waals surface area (Å²) in [4.78, 5) is 15.5. The van der Waals surface area contributed by atoms with Crippen molar-refractivity contribution in [3.63, 3.8) is 0 Å². The van der Waals surface area contributed by atoms with Gasteiger partial charge in [-0.25, -0.2) is 0 Å². The van der Waals surface area contributed by atoms with E-state index in [1.54, 1.807) is 18.9 Å². The van der Waals surface area contributed by atoms with E-state index in [4.69, 9.17) is 4.74 Å². The molecule has 0 spiro atoms. The van der Waals surface area contributed by atoms with Crippen LogP contribution in [0.5, 0.6) is 5.75 Å². The second kappa shape index (κ2) is 6.71. The molecular weight excluding hydrogens is 284 g/mol. The molecule has 1 amide bonds. The van der Waals surface area contributed by atoms with E-state index in [-0.39, 0.29) is 5.91 Å². The van der Waals surface area contributed by atoms with E-state index in [1.165, 1.54) is 12.8 Å². The van der Waals surface area contributed by atoms with Gasteiger partial charge >= 0.3 is 0 Å². The molecule has 5 heteroatoms. The van der Waals surface area contributed by atoms with Crippen LogP contribution < -0.4 is 10.1 Å². The molecule has 21 heavy (non-hydrogen) atoms. The van der Waals surface area contributed by atoms with Crippen molar-refractivity contribution in [2.24, 2.45) is 0 Å². The number of nitrogens with one attached hydrogen (secondary N) is 1. The van der Waals surface area contributed by atoms with Crippen molar-refractivity contribution in [3.05, 3.63) is 24.3 Å². The predicted molar refractivity (Wildman–Crippen MR) is 84.9 cm³/mol. The molecule has 2 atom stereocenters. The van der Waals surface area contributed by atoms with Crippen LogP contribution in [0.1, 0.15) is 19.3 Å². The molecule has 2 saturated heterocycles. The van der Waals surface area contributed by atoms with E-state index in [0.717, 1.165) is 30.2 Å². The highest BCUT2D eigenvalue weighted by molar-refractivity contribution is 8.00. The van der Waals surface area contributed by atoms with Crippen molar-refractivity contribution in [2.45, 2.75) is 36.2 Å². The highest BCUT2D eigenvalue weighted by Gasteiger charge is 2.30. The van der Waals surface area contributed by atoms with Crippen molar-refractivity contribution in [2.75, 3.05) is 26.0 Å². The summed E-state index contributed by atoms with van der Waals surface area (Å²) < 4.78 is 5.14. The molecule has 2 fully saturated rings. The van der Waals surface area contributed by atoms with Gasteiger partial charge in [-0.15, -0.1) is 11.8 Å².